The summed E-state index contributed by atoms with van der Waals surface area (Å²) in [6.07, 6.45) is 1.85. The Morgan fingerprint density at radius 2 is 1.79 bits per heavy atom. The molecule has 0 saturated heterocycles. The van der Waals surface area contributed by atoms with E-state index in [1.807, 2.05) is 6.26 Å². The fourth-order valence-corrected chi connectivity index (χ4v) is 3.62. The molecule has 0 spiro atoms. The molecular formula is C13H11N3O5S3. The normalized spacial score (nSPS) is 10.4. The van der Waals surface area contributed by atoms with Crippen LogP contribution in [-0.2, 0) is 4.79 Å². The Bertz CT molecular complexity index is 761. The second-order valence-corrected chi connectivity index (χ2v) is 7.04. The maximum Gasteiger partial charge on any atom is 0.335 e. The highest BCUT2D eigenvalue weighted by Gasteiger charge is 2.13. The van der Waals surface area contributed by atoms with E-state index >= 15 is 0 Å². The molecule has 1 aromatic heterocycles. The number of carboxylic acid groups (broad SMARTS) is 2. The molecule has 3 N–H and O–H groups in total. The van der Waals surface area contributed by atoms with Gasteiger partial charge in [-0.15, -0.1) is 0 Å². The van der Waals surface area contributed by atoms with Gasteiger partial charge in [-0.1, -0.05) is 23.5 Å². The van der Waals surface area contributed by atoms with Crippen LogP contribution in [-0.4, -0.2) is 49.4 Å². The summed E-state index contributed by atoms with van der Waals surface area (Å²) in [5.41, 5.74) is -0.321. The van der Waals surface area contributed by atoms with Crippen LogP contribution < -0.4 is 5.32 Å². The van der Waals surface area contributed by atoms with Gasteiger partial charge >= 0.3 is 11.9 Å². The maximum atomic E-state index is 11.9. The molecule has 0 aliphatic heterocycles. The number of carbonyl (C=O) groups is 3. The average molecular weight is 385 g/mol. The lowest BCUT2D eigenvalue weighted by Gasteiger charge is -2.07. The molecule has 24 heavy (non-hydrogen) atoms. The van der Waals surface area contributed by atoms with Crippen molar-refractivity contribution in [2.45, 2.75) is 9.50 Å². The smallest absolute Gasteiger partial charge is 0.335 e. The van der Waals surface area contributed by atoms with Crippen molar-refractivity contribution in [3.63, 3.8) is 0 Å². The van der Waals surface area contributed by atoms with Gasteiger partial charge in [0, 0.05) is 5.69 Å². The summed E-state index contributed by atoms with van der Waals surface area (Å²) in [7, 11) is 0. The predicted molar refractivity (Wildman–Crippen MR) is 91.4 cm³/mol. The fourth-order valence-electron chi connectivity index (χ4n) is 1.61. The summed E-state index contributed by atoms with van der Waals surface area (Å²) in [5.74, 6) is -2.91. The van der Waals surface area contributed by atoms with Gasteiger partial charge in [-0.25, -0.2) is 14.6 Å². The number of thioether (sulfide) groups is 2. The van der Waals surface area contributed by atoms with Crippen LogP contribution in [0.25, 0.3) is 0 Å². The van der Waals surface area contributed by atoms with Crippen LogP contribution in [0.15, 0.2) is 27.7 Å². The molecule has 1 aromatic carbocycles. The van der Waals surface area contributed by atoms with Crippen LogP contribution in [0.3, 0.4) is 0 Å². The van der Waals surface area contributed by atoms with Crippen molar-refractivity contribution in [1.29, 1.82) is 0 Å². The maximum absolute atomic E-state index is 11.9. The fraction of sp³-hybridized carbons (Fsp3) is 0.154. The quantitative estimate of drug-likeness (QED) is 0.615. The third-order valence-corrected chi connectivity index (χ3v) is 5.11. The standard InChI is InChI=1S/C13H11N3O5S3/c1-22-12-15-13(24-16-12)23-5-9(17)14-8-3-6(10(18)19)2-7(4-8)11(20)21/h2-4H,5H2,1H3,(H,14,17)(H,18,19)(H,20,21). The van der Waals surface area contributed by atoms with E-state index in [0.717, 1.165) is 6.07 Å². The van der Waals surface area contributed by atoms with E-state index in [1.165, 1.54) is 47.2 Å². The first-order valence-corrected chi connectivity index (χ1v) is 9.29. The lowest BCUT2D eigenvalue weighted by Crippen LogP contribution is -2.15. The molecule has 2 aromatic rings. The molecule has 0 bridgehead atoms. The second kappa shape index (κ2) is 8.13. The van der Waals surface area contributed by atoms with Crippen LogP contribution in [0.1, 0.15) is 20.7 Å². The van der Waals surface area contributed by atoms with Gasteiger partial charge in [0.05, 0.1) is 16.9 Å². The van der Waals surface area contributed by atoms with E-state index in [0.29, 0.717) is 9.50 Å². The Kier molecular flexibility index (Phi) is 6.17. The van der Waals surface area contributed by atoms with Crippen molar-refractivity contribution in [3.8, 4) is 0 Å². The molecule has 0 aliphatic carbocycles. The van der Waals surface area contributed by atoms with Gasteiger partial charge in [-0.2, -0.15) is 4.37 Å². The molecule has 1 amide bonds. The Morgan fingerprint density at radius 1 is 1.17 bits per heavy atom. The summed E-state index contributed by atoms with van der Waals surface area (Å²) >= 11 is 3.77. The van der Waals surface area contributed by atoms with E-state index in [9.17, 15) is 14.4 Å². The number of amides is 1. The summed E-state index contributed by atoms with van der Waals surface area (Å²) < 4.78 is 4.71. The van der Waals surface area contributed by atoms with Crippen LogP contribution in [0, 0.1) is 0 Å². The van der Waals surface area contributed by atoms with Crippen LogP contribution in [0.4, 0.5) is 5.69 Å². The van der Waals surface area contributed by atoms with Crippen molar-refractivity contribution in [2.75, 3.05) is 17.3 Å². The highest BCUT2D eigenvalue weighted by Crippen LogP contribution is 2.24. The average Bonchev–Trinajstić information content (AvgIpc) is 3.00. The number of hydrogen-bond donors (Lipinski definition) is 3. The van der Waals surface area contributed by atoms with Gasteiger partial charge < -0.3 is 15.5 Å². The molecule has 0 radical (unpaired) electrons. The molecule has 0 unspecified atom stereocenters. The molecule has 126 valence electrons. The number of aromatic carboxylic acids is 2. The summed E-state index contributed by atoms with van der Waals surface area (Å²) in [5, 5.41) is 21.1. The minimum Gasteiger partial charge on any atom is -0.478 e. The molecule has 0 fully saturated rings. The first kappa shape index (κ1) is 18.2. The van der Waals surface area contributed by atoms with Crippen molar-refractivity contribution in [2.24, 2.45) is 0 Å². The lowest BCUT2D eigenvalue weighted by molar-refractivity contribution is -0.113. The van der Waals surface area contributed by atoms with E-state index < -0.39 is 17.8 Å². The van der Waals surface area contributed by atoms with Crippen LogP contribution in [0.5, 0.6) is 0 Å². The molecule has 8 nitrogen and oxygen atoms in total. The zero-order chi connectivity index (χ0) is 17.7. The van der Waals surface area contributed by atoms with Gasteiger partial charge in [0.2, 0.25) is 11.1 Å². The van der Waals surface area contributed by atoms with Crippen molar-refractivity contribution in [3.05, 3.63) is 29.3 Å². The lowest BCUT2D eigenvalue weighted by atomic mass is 10.1. The first-order chi connectivity index (χ1) is 11.4. The van der Waals surface area contributed by atoms with Gasteiger partial charge in [0.15, 0.2) is 4.34 Å². The largest absolute Gasteiger partial charge is 0.478 e. The Labute approximate surface area is 148 Å². The highest BCUT2D eigenvalue weighted by molar-refractivity contribution is 8.01. The van der Waals surface area contributed by atoms with Crippen LogP contribution in [0.2, 0.25) is 0 Å². The third-order valence-electron chi connectivity index (χ3n) is 2.61. The van der Waals surface area contributed by atoms with Gasteiger partial charge in [-0.05, 0) is 36.0 Å². The van der Waals surface area contributed by atoms with Crippen molar-refractivity contribution < 1.29 is 24.6 Å². The van der Waals surface area contributed by atoms with Gasteiger partial charge in [0.1, 0.15) is 0 Å². The molecule has 2 rings (SSSR count). The SMILES string of the molecule is CSc1nsc(SCC(=O)Nc2cc(C(=O)O)cc(C(=O)O)c2)n1. The molecule has 0 atom stereocenters. The summed E-state index contributed by atoms with van der Waals surface area (Å²) in [6, 6.07) is 3.43. The zero-order valence-electron chi connectivity index (χ0n) is 12.2. The number of carboxylic acids is 2. The van der Waals surface area contributed by atoms with E-state index in [2.05, 4.69) is 14.7 Å². The topological polar surface area (TPSA) is 129 Å². The first-order valence-electron chi connectivity index (χ1n) is 6.31. The number of aromatic nitrogens is 2. The van der Waals surface area contributed by atoms with Crippen molar-refractivity contribution >= 4 is 58.6 Å². The number of rotatable bonds is 7. The van der Waals surface area contributed by atoms with E-state index in [1.54, 1.807) is 0 Å². The summed E-state index contributed by atoms with van der Waals surface area (Å²) in [4.78, 5) is 38.2. The van der Waals surface area contributed by atoms with Gasteiger partial charge in [-0.3, -0.25) is 4.79 Å². The third kappa shape index (κ3) is 4.94. The van der Waals surface area contributed by atoms with E-state index in [-0.39, 0.29) is 22.6 Å². The zero-order valence-corrected chi connectivity index (χ0v) is 14.6. The van der Waals surface area contributed by atoms with Crippen molar-refractivity contribution in [1.82, 2.24) is 9.36 Å². The number of nitrogens with zero attached hydrogens (tertiary/aromatic N) is 2. The number of carbonyl (C=O) groups excluding carboxylic acids is 1. The predicted octanol–water partition coefficient (Wildman–Crippen LogP) is 2.39. The Balaban J connectivity index is 2.04. The van der Waals surface area contributed by atoms with E-state index in [4.69, 9.17) is 10.2 Å². The summed E-state index contributed by atoms with van der Waals surface area (Å²) in [6.45, 7) is 0. The number of anilines is 1. The minimum absolute atomic E-state index is 0.0444. The molecule has 11 heteroatoms. The molecule has 0 saturated carbocycles. The number of nitrogens with one attached hydrogen (secondary N) is 1. The molecular weight excluding hydrogens is 374 g/mol. The Hall–Kier alpha value is -2.11. The number of hydrogen-bond acceptors (Lipinski definition) is 8. The number of benzene rings is 1. The molecule has 0 aliphatic rings. The van der Waals surface area contributed by atoms with Crippen LogP contribution >= 0.6 is 35.1 Å². The Morgan fingerprint density at radius 3 is 2.29 bits per heavy atom. The molecule has 1 heterocycles. The second-order valence-electron chi connectivity index (χ2n) is 4.29. The minimum atomic E-state index is -1.28. The van der Waals surface area contributed by atoms with Gasteiger partial charge in [0.25, 0.3) is 0 Å². The monoisotopic (exact) mass is 385 g/mol. The highest BCUT2D eigenvalue weighted by atomic mass is 32.2.